The van der Waals surface area contributed by atoms with Gasteiger partial charge in [-0.15, -0.1) is 0 Å². The van der Waals surface area contributed by atoms with E-state index in [1.165, 1.54) is 5.56 Å². The Morgan fingerprint density at radius 2 is 1.53 bits per heavy atom. The lowest BCUT2D eigenvalue weighted by atomic mass is 10.1. The number of benzene rings is 2. The van der Waals surface area contributed by atoms with Crippen LogP contribution in [-0.4, -0.2) is 5.84 Å². The molecular formula is C16H18N2O. The molecule has 0 fully saturated rings. The molecule has 0 heterocycles. The fourth-order valence-corrected chi connectivity index (χ4v) is 2.15. The Hall–Kier alpha value is -2.29. The van der Waals surface area contributed by atoms with E-state index in [4.69, 9.17) is 15.9 Å². The van der Waals surface area contributed by atoms with Crippen molar-refractivity contribution in [2.24, 2.45) is 5.73 Å². The van der Waals surface area contributed by atoms with Crippen LogP contribution in [0.4, 0.5) is 0 Å². The predicted molar refractivity (Wildman–Crippen MR) is 78.2 cm³/mol. The number of nitrogens with two attached hydrogens (primary N) is 1. The molecule has 0 saturated heterocycles. The van der Waals surface area contributed by atoms with Crippen molar-refractivity contribution in [3.8, 4) is 11.5 Å². The van der Waals surface area contributed by atoms with Gasteiger partial charge in [-0.2, -0.15) is 0 Å². The van der Waals surface area contributed by atoms with Crippen LogP contribution < -0.4 is 10.5 Å². The molecule has 0 bridgehead atoms. The van der Waals surface area contributed by atoms with E-state index in [0.717, 1.165) is 22.6 Å². The first-order chi connectivity index (χ1) is 8.97. The Bertz CT molecular complexity index is 592. The fourth-order valence-electron chi connectivity index (χ4n) is 2.15. The molecule has 3 nitrogen and oxygen atoms in total. The summed E-state index contributed by atoms with van der Waals surface area (Å²) >= 11 is 0. The zero-order valence-electron chi connectivity index (χ0n) is 11.4. The summed E-state index contributed by atoms with van der Waals surface area (Å²) < 4.78 is 5.92. The molecular weight excluding hydrogens is 236 g/mol. The van der Waals surface area contributed by atoms with Crippen LogP contribution in [0.5, 0.6) is 11.5 Å². The Morgan fingerprint density at radius 1 is 1.00 bits per heavy atom. The van der Waals surface area contributed by atoms with Gasteiger partial charge in [-0.05, 0) is 56.2 Å². The van der Waals surface area contributed by atoms with E-state index in [0.29, 0.717) is 5.56 Å². The topological polar surface area (TPSA) is 59.1 Å². The Morgan fingerprint density at radius 3 is 2.00 bits per heavy atom. The highest BCUT2D eigenvalue weighted by Crippen LogP contribution is 2.29. The van der Waals surface area contributed by atoms with E-state index in [1.807, 2.05) is 26.0 Å². The average molecular weight is 254 g/mol. The number of nitrogens with one attached hydrogen (secondary N) is 1. The zero-order chi connectivity index (χ0) is 14.0. The molecule has 0 unspecified atom stereocenters. The SMILES string of the molecule is Cc1cc(C)c(Oc2ccc(C(=N)N)cc2)c(C)c1. The summed E-state index contributed by atoms with van der Waals surface area (Å²) in [5, 5.41) is 7.36. The molecule has 0 aliphatic carbocycles. The second kappa shape index (κ2) is 5.14. The van der Waals surface area contributed by atoms with Gasteiger partial charge >= 0.3 is 0 Å². The Balaban J connectivity index is 2.29. The standard InChI is InChI=1S/C16H18N2O/c1-10-8-11(2)15(12(3)9-10)19-14-6-4-13(5-7-14)16(17)18/h4-9H,1-3H3,(H3,17,18). The van der Waals surface area contributed by atoms with Crippen molar-refractivity contribution >= 4 is 5.84 Å². The molecule has 19 heavy (non-hydrogen) atoms. The van der Waals surface area contributed by atoms with Gasteiger partial charge in [0.25, 0.3) is 0 Å². The van der Waals surface area contributed by atoms with Crippen LogP contribution in [0.15, 0.2) is 36.4 Å². The normalized spacial score (nSPS) is 10.3. The molecule has 0 spiro atoms. The van der Waals surface area contributed by atoms with Gasteiger partial charge in [0.1, 0.15) is 17.3 Å². The minimum absolute atomic E-state index is 0.0641. The van der Waals surface area contributed by atoms with E-state index in [2.05, 4.69) is 19.1 Å². The first-order valence-corrected chi connectivity index (χ1v) is 6.17. The van der Waals surface area contributed by atoms with Crippen molar-refractivity contribution in [2.75, 3.05) is 0 Å². The van der Waals surface area contributed by atoms with Crippen molar-refractivity contribution in [3.63, 3.8) is 0 Å². The molecule has 0 saturated carbocycles. The summed E-state index contributed by atoms with van der Waals surface area (Å²) in [4.78, 5) is 0. The minimum atomic E-state index is 0.0641. The second-order valence-corrected chi connectivity index (χ2v) is 4.77. The van der Waals surface area contributed by atoms with Crippen LogP contribution >= 0.6 is 0 Å². The number of rotatable bonds is 3. The highest BCUT2D eigenvalue weighted by molar-refractivity contribution is 5.94. The summed E-state index contributed by atoms with van der Waals surface area (Å²) in [6, 6.07) is 11.4. The maximum absolute atomic E-state index is 7.36. The van der Waals surface area contributed by atoms with Crippen LogP contribution in [0.1, 0.15) is 22.3 Å². The van der Waals surface area contributed by atoms with Gasteiger partial charge < -0.3 is 10.5 Å². The van der Waals surface area contributed by atoms with Crippen molar-refractivity contribution in [1.82, 2.24) is 0 Å². The number of hydrogen-bond donors (Lipinski definition) is 2. The van der Waals surface area contributed by atoms with Crippen molar-refractivity contribution in [3.05, 3.63) is 58.7 Å². The van der Waals surface area contributed by atoms with Gasteiger partial charge in [-0.25, -0.2) is 0 Å². The molecule has 0 aliphatic rings. The quantitative estimate of drug-likeness (QED) is 0.648. The molecule has 0 atom stereocenters. The van der Waals surface area contributed by atoms with Crippen molar-refractivity contribution in [1.29, 1.82) is 5.41 Å². The maximum Gasteiger partial charge on any atom is 0.133 e. The predicted octanol–water partition coefficient (Wildman–Crippen LogP) is 3.69. The number of ether oxygens (including phenoxy) is 1. The van der Waals surface area contributed by atoms with Crippen LogP contribution in [0.2, 0.25) is 0 Å². The molecule has 0 amide bonds. The zero-order valence-corrected chi connectivity index (χ0v) is 11.4. The maximum atomic E-state index is 7.36. The van der Waals surface area contributed by atoms with Gasteiger partial charge in [0.2, 0.25) is 0 Å². The lowest BCUT2D eigenvalue weighted by Gasteiger charge is -2.13. The largest absolute Gasteiger partial charge is 0.457 e. The Kier molecular flexibility index (Phi) is 3.56. The van der Waals surface area contributed by atoms with E-state index >= 15 is 0 Å². The highest BCUT2D eigenvalue weighted by atomic mass is 16.5. The van der Waals surface area contributed by atoms with Crippen molar-refractivity contribution in [2.45, 2.75) is 20.8 Å². The highest BCUT2D eigenvalue weighted by Gasteiger charge is 2.06. The van der Waals surface area contributed by atoms with Crippen LogP contribution in [0.3, 0.4) is 0 Å². The average Bonchev–Trinajstić information content (AvgIpc) is 2.34. The molecule has 98 valence electrons. The molecule has 0 aromatic heterocycles. The third-order valence-electron chi connectivity index (χ3n) is 2.99. The van der Waals surface area contributed by atoms with E-state index in [9.17, 15) is 0 Å². The van der Waals surface area contributed by atoms with E-state index < -0.39 is 0 Å². The smallest absolute Gasteiger partial charge is 0.133 e. The summed E-state index contributed by atoms with van der Waals surface area (Å²) in [5.74, 6) is 1.70. The molecule has 2 aromatic carbocycles. The Labute approximate surface area is 113 Å². The summed E-state index contributed by atoms with van der Waals surface area (Å²) in [6.45, 7) is 6.16. The minimum Gasteiger partial charge on any atom is -0.457 e. The van der Waals surface area contributed by atoms with E-state index in [-0.39, 0.29) is 5.84 Å². The number of amidine groups is 1. The summed E-state index contributed by atoms with van der Waals surface area (Å²) in [5.41, 5.74) is 9.59. The molecule has 2 rings (SSSR count). The molecule has 3 N–H and O–H groups in total. The lowest BCUT2D eigenvalue weighted by molar-refractivity contribution is 0.475. The second-order valence-electron chi connectivity index (χ2n) is 4.77. The third-order valence-corrected chi connectivity index (χ3v) is 2.99. The van der Waals surface area contributed by atoms with Crippen LogP contribution in [-0.2, 0) is 0 Å². The van der Waals surface area contributed by atoms with Gasteiger partial charge in [0, 0.05) is 5.56 Å². The lowest BCUT2D eigenvalue weighted by Crippen LogP contribution is -2.10. The number of hydrogen-bond acceptors (Lipinski definition) is 2. The van der Waals surface area contributed by atoms with Gasteiger partial charge in [0.15, 0.2) is 0 Å². The van der Waals surface area contributed by atoms with Crippen LogP contribution in [0, 0.1) is 26.2 Å². The first kappa shape index (κ1) is 13.1. The van der Waals surface area contributed by atoms with Crippen molar-refractivity contribution < 1.29 is 4.74 Å². The molecule has 0 aliphatic heterocycles. The van der Waals surface area contributed by atoms with Gasteiger partial charge in [-0.1, -0.05) is 17.7 Å². The van der Waals surface area contributed by atoms with Gasteiger partial charge in [-0.3, -0.25) is 5.41 Å². The van der Waals surface area contributed by atoms with E-state index in [1.54, 1.807) is 12.1 Å². The summed E-state index contributed by atoms with van der Waals surface area (Å²) in [6.07, 6.45) is 0. The first-order valence-electron chi connectivity index (χ1n) is 6.17. The third kappa shape index (κ3) is 2.94. The van der Waals surface area contributed by atoms with Gasteiger partial charge in [0.05, 0.1) is 0 Å². The van der Waals surface area contributed by atoms with Crippen LogP contribution in [0.25, 0.3) is 0 Å². The molecule has 0 radical (unpaired) electrons. The summed E-state index contributed by atoms with van der Waals surface area (Å²) in [7, 11) is 0. The number of aryl methyl sites for hydroxylation is 3. The fraction of sp³-hybridized carbons (Fsp3) is 0.188. The number of nitrogen functional groups attached to an aromatic ring is 1. The molecule has 2 aromatic rings. The monoisotopic (exact) mass is 254 g/mol. The molecule has 3 heteroatoms.